The highest BCUT2D eigenvalue weighted by atomic mass is 16.5. The van der Waals surface area contributed by atoms with Crippen LogP contribution < -0.4 is 14.4 Å². The largest absolute Gasteiger partial charge is 0.497 e. The van der Waals surface area contributed by atoms with Crippen molar-refractivity contribution in [3.8, 4) is 17.6 Å². The van der Waals surface area contributed by atoms with Gasteiger partial charge >= 0.3 is 0 Å². The molecule has 0 N–H and O–H groups in total. The lowest BCUT2D eigenvalue weighted by Gasteiger charge is -2.20. The first kappa shape index (κ1) is 12.2. The van der Waals surface area contributed by atoms with Crippen molar-refractivity contribution in [3.05, 3.63) is 18.2 Å². The third-order valence-corrected chi connectivity index (χ3v) is 2.36. The second-order valence-corrected chi connectivity index (χ2v) is 3.37. The van der Waals surface area contributed by atoms with Crippen LogP contribution >= 0.6 is 0 Å². The second-order valence-electron chi connectivity index (χ2n) is 3.37. The molecule has 0 amide bonds. The molecule has 0 aliphatic rings. The number of ether oxygens (including phenoxy) is 2. The molecule has 4 heteroatoms. The summed E-state index contributed by atoms with van der Waals surface area (Å²) in [5.74, 6) is 1.51. The molecule has 86 valence electrons. The van der Waals surface area contributed by atoms with E-state index in [9.17, 15) is 0 Å². The minimum Gasteiger partial charge on any atom is -0.497 e. The number of methoxy groups -OCH3 is 2. The predicted molar refractivity (Wildman–Crippen MR) is 63.0 cm³/mol. The van der Waals surface area contributed by atoms with Crippen molar-refractivity contribution < 1.29 is 9.47 Å². The molecule has 16 heavy (non-hydrogen) atoms. The Morgan fingerprint density at radius 3 is 2.62 bits per heavy atom. The topological polar surface area (TPSA) is 45.5 Å². The van der Waals surface area contributed by atoms with Gasteiger partial charge < -0.3 is 14.4 Å². The van der Waals surface area contributed by atoms with Crippen LogP contribution in [0.4, 0.5) is 5.69 Å². The molecule has 1 aromatic rings. The van der Waals surface area contributed by atoms with Gasteiger partial charge in [0.25, 0.3) is 0 Å². The minimum atomic E-state index is 0.492. The lowest BCUT2D eigenvalue weighted by Crippen LogP contribution is -2.18. The summed E-state index contributed by atoms with van der Waals surface area (Å²) in [6, 6.07) is 7.75. The normalized spacial score (nSPS) is 9.38. The smallest absolute Gasteiger partial charge is 0.145 e. The fraction of sp³-hybridized carbons (Fsp3) is 0.417. The molecule has 0 spiro atoms. The van der Waals surface area contributed by atoms with Gasteiger partial charge in [0, 0.05) is 19.7 Å². The van der Waals surface area contributed by atoms with E-state index in [0.717, 1.165) is 17.2 Å². The van der Waals surface area contributed by atoms with E-state index in [1.807, 2.05) is 30.1 Å². The van der Waals surface area contributed by atoms with E-state index in [1.165, 1.54) is 0 Å². The van der Waals surface area contributed by atoms with Crippen LogP contribution in [0.1, 0.15) is 6.42 Å². The van der Waals surface area contributed by atoms with E-state index >= 15 is 0 Å². The maximum Gasteiger partial charge on any atom is 0.145 e. The zero-order valence-corrected chi connectivity index (χ0v) is 9.86. The molecule has 0 heterocycles. The summed E-state index contributed by atoms with van der Waals surface area (Å²) in [7, 11) is 5.17. The van der Waals surface area contributed by atoms with Gasteiger partial charge in [0.2, 0.25) is 0 Å². The van der Waals surface area contributed by atoms with Gasteiger partial charge in [-0.15, -0.1) is 0 Å². The van der Waals surface area contributed by atoms with Crippen LogP contribution in [0.25, 0.3) is 0 Å². The van der Waals surface area contributed by atoms with Crippen molar-refractivity contribution in [2.24, 2.45) is 0 Å². The van der Waals surface area contributed by atoms with Gasteiger partial charge in [-0.3, -0.25) is 0 Å². The molecular weight excluding hydrogens is 204 g/mol. The number of nitrogens with zero attached hydrogens (tertiary/aromatic N) is 2. The minimum absolute atomic E-state index is 0.492. The van der Waals surface area contributed by atoms with Crippen molar-refractivity contribution in [2.45, 2.75) is 6.42 Å². The Balaban J connectivity index is 2.90. The maximum absolute atomic E-state index is 8.54. The Morgan fingerprint density at radius 1 is 1.31 bits per heavy atom. The summed E-state index contributed by atoms with van der Waals surface area (Å²) in [4.78, 5) is 1.99. The van der Waals surface area contributed by atoms with Gasteiger partial charge in [0.1, 0.15) is 11.5 Å². The molecular formula is C12H16N2O2. The highest BCUT2D eigenvalue weighted by Crippen LogP contribution is 2.31. The van der Waals surface area contributed by atoms with Crippen LogP contribution in [0.3, 0.4) is 0 Å². The molecule has 0 unspecified atom stereocenters. The third kappa shape index (κ3) is 2.80. The zero-order valence-electron chi connectivity index (χ0n) is 9.86. The molecule has 1 rings (SSSR count). The first-order valence-electron chi connectivity index (χ1n) is 5.03. The molecule has 1 aromatic carbocycles. The Labute approximate surface area is 96.0 Å². The number of anilines is 1. The van der Waals surface area contributed by atoms with E-state index in [0.29, 0.717) is 13.0 Å². The Kier molecular flexibility index (Phi) is 4.46. The molecule has 4 nitrogen and oxygen atoms in total. The van der Waals surface area contributed by atoms with Crippen LogP contribution in [0, 0.1) is 11.3 Å². The average molecular weight is 220 g/mol. The first-order chi connectivity index (χ1) is 7.72. The number of benzene rings is 1. The van der Waals surface area contributed by atoms with E-state index in [2.05, 4.69) is 6.07 Å². The third-order valence-electron chi connectivity index (χ3n) is 2.36. The Hall–Kier alpha value is -1.89. The fourth-order valence-corrected chi connectivity index (χ4v) is 1.44. The van der Waals surface area contributed by atoms with Crippen LogP contribution in [-0.2, 0) is 0 Å². The number of hydrogen-bond acceptors (Lipinski definition) is 4. The van der Waals surface area contributed by atoms with Gasteiger partial charge in [-0.25, -0.2) is 0 Å². The van der Waals surface area contributed by atoms with E-state index < -0.39 is 0 Å². The predicted octanol–water partition coefficient (Wildman–Crippen LogP) is 2.05. The zero-order chi connectivity index (χ0) is 12.0. The monoisotopic (exact) mass is 220 g/mol. The van der Waals surface area contributed by atoms with Crippen LogP contribution in [0.2, 0.25) is 0 Å². The molecule has 0 aromatic heterocycles. The second kappa shape index (κ2) is 5.86. The van der Waals surface area contributed by atoms with E-state index in [-0.39, 0.29) is 0 Å². The van der Waals surface area contributed by atoms with Gasteiger partial charge in [0.15, 0.2) is 0 Å². The molecule has 0 aliphatic heterocycles. The summed E-state index contributed by atoms with van der Waals surface area (Å²) in [5, 5.41) is 8.54. The summed E-state index contributed by atoms with van der Waals surface area (Å²) in [6.07, 6.45) is 0.492. The average Bonchev–Trinajstić information content (AvgIpc) is 2.34. The molecule has 0 atom stereocenters. The van der Waals surface area contributed by atoms with Gasteiger partial charge in [-0.1, -0.05) is 0 Å². The standard InChI is InChI=1S/C12H16N2O2/c1-14(8-4-7-13)11-6-5-10(15-2)9-12(11)16-3/h5-6,9H,4,8H2,1-3H3. The Morgan fingerprint density at radius 2 is 2.06 bits per heavy atom. The lowest BCUT2D eigenvalue weighted by molar-refractivity contribution is 0.394. The maximum atomic E-state index is 8.54. The highest BCUT2D eigenvalue weighted by molar-refractivity contribution is 5.60. The number of rotatable bonds is 5. The van der Waals surface area contributed by atoms with Gasteiger partial charge in [0.05, 0.1) is 32.4 Å². The fourth-order valence-electron chi connectivity index (χ4n) is 1.44. The summed E-state index contributed by atoms with van der Waals surface area (Å²) in [6.45, 7) is 0.680. The number of nitriles is 1. The van der Waals surface area contributed by atoms with Crippen molar-refractivity contribution in [1.29, 1.82) is 5.26 Å². The van der Waals surface area contributed by atoms with Crippen molar-refractivity contribution in [3.63, 3.8) is 0 Å². The molecule has 0 radical (unpaired) electrons. The molecule has 0 saturated carbocycles. The van der Waals surface area contributed by atoms with Gasteiger partial charge in [-0.2, -0.15) is 5.26 Å². The van der Waals surface area contributed by atoms with E-state index in [1.54, 1.807) is 14.2 Å². The number of hydrogen-bond donors (Lipinski definition) is 0. The molecule has 0 fully saturated rings. The van der Waals surface area contributed by atoms with Crippen LogP contribution in [0.5, 0.6) is 11.5 Å². The van der Waals surface area contributed by atoms with Gasteiger partial charge in [-0.05, 0) is 12.1 Å². The van der Waals surface area contributed by atoms with E-state index in [4.69, 9.17) is 14.7 Å². The Bertz CT molecular complexity index is 385. The van der Waals surface area contributed by atoms with Crippen LogP contribution in [-0.4, -0.2) is 27.8 Å². The van der Waals surface area contributed by atoms with Crippen molar-refractivity contribution in [2.75, 3.05) is 32.7 Å². The SMILES string of the molecule is COc1ccc(N(C)CCC#N)c(OC)c1. The molecule has 0 saturated heterocycles. The van der Waals surface area contributed by atoms with Crippen molar-refractivity contribution in [1.82, 2.24) is 0 Å². The van der Waals surface area contributed by atoms with Crippen LogP contribution in [0.15, 0.2) is 18.2 Å². The molecule has 0 bridgehead atoms. The summed E-state index contributed by atoms with van der Waals surface area (Å²) in [5.41, 5.74) is 0.957. The first-order valence-corrected chi connectivity index (χ1v) is 5.03. The molecule has 0 aliphatic carbocycles. The van der Waals surface area contributed by atoms with Crippen molar-refractivity contribution >= 4 is 5.69 Å². The lowest BCUT2D eigenvalue weighted by atomic mass is 10.2. The summed E-state index contributed by atoms with van der Waals surface area (Å²) >= 11 is 0. The summed E-state index contributed by atoms with van der Waals surface area (Å²) < 4.78 is 10.4. The highest BCUT2D eigenvalue weighted by Gasteiger charge is 2.08. The quantitative estimate of drug-likeness (QED) is 0.762.